The first kappa shape index (κ1) is 14.2. The molecule has 0 aliphatic carbocycles. The Bertz CT molecular complexity index is 461. The number of likely N-dealkylation sites (tertiary alicyclic amines) is 1. The van der Waals surface area contributed by atoms with E-state index in [1.165, 1.54) is 11.8 Å². The Morgan fingerprint density at radius 1 is 1.47 bits per heavy atom. The van der Waals surface area contributed by atoms with Gasteiger partial charge in [-0.1, -0.05) is 17.8 Å². The summed E-state index contributed by atoms with van der Waals surface area (Å²) in [5, 5.41) is 0.204. The number of rotatable bonds is 3. The van der Waals surface area contributed by atoms with Crippen molar-refractivity contribution in [2.24, 2.45) is 0 Å². The van der Waals surface area contributed by atoms with Crippen LogP contribution in [0.1, 0.15) is 12.0 Å². The van der Waals surface area contributed by atoms with Crippen LogP contribution in [0, 0.1) is 6.92 Å². The molecule has 1 amide bonds. The van der Waals surface area contributed by atoms with Crippen LogP contribution >= 0.6 is 11.8 Å². The first-order valence-corrected chi connectivity index (χ1v) is 6.68. The zero-order valence-corrected chi connectivity index (χ0v) is 11.1. The highest BCUT2D eigenvalue weighted by molar-refractivity contribution is 8.00. The van der Waals surface area contributed by atoms with Crippen LogP contribution in [0.15, 0.2) is 23.4 Å². The van der Waals surface area contributed by atoms with Gasteiger partial charge in [-0.25, -0.2) is 4.98 Å². The first-order valence-electron chi connectivity index (χ1n) is 5.80. The van der Waals surface area contributed by atoms with Crippen LogP contribution < -0.4 is 0 Å². The Hall–Kier alpha value is -1.24. The van der Waals surface area contributed by atoms with Gasteiger partial charge in [0.15, 0.2) is 0 Å². The topological polar surface area (TPSA) is 33.2 Å². The number of pyridine rings is 1. The summed E-state index contributed by atoms with van der Waals surface area (Å²) in [6, 6.07) is 3.64. The van der Waals surface area contributed by atoms with Crippen LogP contribution in [-0.2, 0) is 4.79 Å². The number of alkyl halides is 3. The Balaban J connectivity index is 1.96. The van der Waals surface area contributed by atoms with E-state index in [9.17, 15) is 18.0 Å². The second-order valence-electron chi connectivity index (χ2n) is 4.44. The average Bonchev–Trinajstić information content (AvgIpc) is 2.63. The van der Waals surface area contributed by atoms with Gasteiger partial charge < -0.3 is 4.90 Å². The van der Waals surface area contributed by atoms with Crippen LogP contribution in [0.4, 0.5) is 13.2 Å². The number of carbonyl (C=O) groups excluding carboxylic acids is 1. The zero-order valence-electron chi connectivity index (χ0n) is 10.3. The van der Waals surface area contributed by atoms with E-state index < -0.39 is 23.9 Å². The molecular formula is C12H13F3N2OS. The molecule has 0 N–H and O–H groups in total. The number of carbonyl (C=O) groups is 1. The third kappa shape index (κ3) is 3.86. The van der Waals surface area contributed by atoms with Crippen molar-refractivity contribution in [3.63, 3.8) is 0 Å². The number of amides is 1. The summed E-state index contributed by atoms with van der Waals surface area (Å²) in [6.07, 6.45) is -2.23. The maximum absolute atomic E-state index is 12.3. The fourth-order valence-electron chi connectivity index (χ4n) is 1.86. The summed E-state index contributed by atoms with van der Waals surface area (Å²) in [7, 11) is 0. The smallest absolute Gasteiger partial charge is 0.333 e. The van der Waals surface area contributed by atoms with E-state index in [0.717, 1.165) is 10.5 Å². The molecule has 0 spiro atoms. The summed E-state index contributed by atoms with van der Waals surface area (Å²) in [4.78, 5) is 16.8. The number of aromatic nitrogens is 1. The molecule has 3 nitrogen and oxygen atoms in total. The first-order chi connectivity index (χ1) is 8.85. The quantitative estimate of drug-likeness (QED) is 0.858. The van der Waals surface area contributed by atoms with Gasteiger partial charge in [0.2, 0.25) is 5.91 Å². The van der Waals surface area contributed by atoms with Crippen molar-refractivity contribution >= 4 is 17.7 Å². The van der Waals surface area contributed by atoms with E-state index in [-0.39, 0.29) is 6.54 Å². The summed E-state index contributed by atoms with van der Waals surface area (Å²) in [5.74, 6) is -0.454. The minimum Gasteiger partial charge on any atom is -0.333 e. The summed E-state index contributed by atoms with van der Waals surface area (Å²) >= 11 is 1.23. The van der Waals surface area contributed by atoms with Crippen LogP contribution in [-0.4, -0.2) is 40.3 Å². The zero-order chi connectivity index (χ0) is 14.0. The van der Waals surface area contributed by atoms with E-state index in [1.807, 2.05) is 13.0 Å². The van der Waals surface area contributed by atoms with Gasteiger partial charge in [-0.3, -0.25) is 4.79 Å². The Morgan fingerprint density at radius 3 is 2.79 bits per heavy atom. The molecular weight excluding hydrogens is 277 g/mol. The van der Waals surface area contributed by atoms with Crippen LogP contribution in [0.5, 0.6) is 0 Å². The fraction of sp³-hybridized carbons (Fsp3) is 0.500. The van der Waals surface area contributed by atoms with E-state index in [2.05, 4.69) is 4.98 Å². The predicted molar refractivity (Wildman–Crippen MR) is 65.9 cm³/mol. The van der Waals surface area contributed by atoms with Gasteiger partial charge in [0.25, 0.3) is 0 Å². The van der Waals surface area contributed by atoms with E-state index in [0.29, 0.717) is 11.4 Å². The number of hydrogen-bond acceptors (Lipinski definition) is 3. The second-order valence-corrected chi connectivity index (χ2v) is 5.67. The van der Waals surface area contributed by atoms with E-state index in [4.69, 9.17) is 0 Å². The largest absolute Gasteiger partial charge is 0.406 e. The summed E-state index contributed by atoms with van der Waals surface area (Å²) < 4.78 is 36.8. The fourth-order valence-corrected chi connectivity index (χ4v) is 2.89. The lowest BCUT2D eigenvalue weighted by molar-refractivity contribution is -0.157. The van der Waals surface area contributed by atoms with Crippen molar-refractivity contribution in [2.45, 2.75) is 29.8 Å². The van der Waals surface area contributed by atoms with Crippen molar-refractivity contribution in [1.82, 2.24) is 9.88 Å². The van der Waals surface area contributed by atoms with Gasteiger partial charge in [-0.05, 0) is 25.0 Å². The molecule has 2 rings (SSSR count). The normalized spacial score (nSPS) is 20.1. The monoisotopic (exact) mass is 290 g/mol. The van der Waals surface area contributed by atoms with Gasteiger partial charge in [0.1, 0.15) is 6.54 Å². The van der Waals surface area contributed by atoms with Gasteiger partial charge >= 0.3 is 6.18 Å². The van der Waals surface area contributed by atoms with Crippen molar-refractivity contribution < 1.29 is 18.0 Å². The standard InChI is InChI=1S/C12H13F3N2OS/c1-8-2-3-10(16-6-8)19-9-4-5-17(11(9)18)7-12(13,14)15/h2-3,6,9H,4-5,7H2,1H3/t9-/m0/s1. The molecule has 7 heteroatoms. The molecule has 0 radical (unpaired) electrons. The highest BCUT2D eigenvalue weighted by Crippen LogP contribution is 2.31. The molecule has 1 aliphatic rings. The third-order valence-electron chi connectivity index (χ3n) is 2.77. The molecule has 104 valence electrons. The molecule has 0 saturated carbocycles. The number of hydrogen-bond donors (Lipinski definition) is 0. The van der Waals surface area contributed by atoms with E-state index in [1.54, 1.807) is 12.3 Å². The molecule has 1 aromatic heterocycles. The third-order valence-corrected chi connectivity index (χ3v) is 3.97. The van der Waals surface area contributed by atoms with Crippen molar-refractivity contribution in [1.29, 1.82) is 0 Å². The second kappa shape index (κ2) is 5.40. The molecule has 1 fully saturated rings. The van der Waals surface area contributed by atoms with Crippen molar-refractivity contribution in [3.8, 4) is 0 Å². The van der Waals surface area contributed by atoms with Crippen LogP contribution in [0.3, 0.4) is 0 Å². The average molecular weight is 290 g/mol. The highest BCUT2D eigenvalue weighted by Gasteiger charge is 2.39. The molecule has 0 bridgehead atoms. The summed E-state index contributed by atoms with van der Waals surface area (Å²) in [5.41, 5.74) is 1.00. The van der Waals surface area contributed by atoms with E-state index >= 15 is 0 Å². The predicted octanol–water partition coefficient (Wildman–Crippen LogP) is 2.65. The molecule has 2 heterocycles. The summed E-state index contributed by atoms with van der Waals surface area (Å²) in [6.45, 7) is 0.888. The maximum Gasteiger partial charge on any atom is 0.406 e. The molecule has 1 aromatic rings. The number of aryl methyl sites for hydroxylation is 1. The van der Waals surface area contributed by atoms with Gasteiger partial charge in [-0.2, -0.15) is 13.2 Å². The minimum absolute atomic E-state index is 0.155. The molecule has 1 atom stereocenters. The Labute approximate surface area is 113 Å². The Morgan fingerprint density at radius 2 is 2.21 bits per heavy atom. The molecule has 0 unspecified atom stereocenters. The number of nitrogens with zero attached hydrogens (tertiary/aromatic N) is 2. The maximum atomic E-state index is 12.3. The van der Waals surface area contributed by atoms with Crippen LogP contribution in [0.25, 0.3) is 0 Å². The molecule has 0 aromatic carbocycles. The highest BCUT2D eigenvalue weighted by atomic mass is 32.2. The lowest BCUT2D eigenvalue weighted by Gasteiger charge is -2.18. The number of halogens is 3. The molecule has 19 heavy (non-hydrogen) atoms. The van der Waals surface area contributed by atoms with Gasteiger partial charge in [0, 0.05) is 12.7 Å². The van der Waals surface area contributed by atoms with Gasteiger partial charge in [0.05, 0.1) is 10.3 Å². The van der Waals surface area contributed by atoms with Crippen LogP contribution in [0.2, 0.25) is 0 Å². The molecule has 1 saturated heterocycles. The Kier molecular flexibility index (Phi) is 4.03. The minimum atomic E-state index is -4.34. The molecule has 1 aliphatic heterocycles. The van der Waals surface area contributed by atoms with Crippen molar-refractivity contribution in [3.05, 3.63) is 23.9 Å². The van der Waals surface area contributed by atoms with Gasteiger partial charge in [-0.15, -0.1) is 0 Å². The van der Waals surface area contributed by atoms with Crippen molar-refractivity contribution in [2.75, 3.05) is 13.1 Å². The lowest BCUT2D eigenvalue weighted by Crippen LogP contribution is -2.36. The SMILES string of the molecule is Cc1ccc(S[C@H]2CCN(CC(F)(F)F)C2=O)nc1. The lowest BCUT2D eigenvalue weighted by atomic mass is 10.3. The number of thioether (sulfide) groups is 1.